The summed E-state index contributed by atoms with van der Waals surface area (Å²) >= 11 is 0.961. The van der Waals surface area contributed by atoms with Crippen molar-refractivity contribution < 1.29 is 22.7 Å². The smallest absolute Gasteiger partial charge is 0.322 e. The molecule has 4 N–H and O–H groups in total. The number of benzene rings is 1. The van der Waals surface area contributed by atoms with Gasteiger partial charge in [0, 0.05) is 17.2 Å². The number of hydrogen-bond acceptors (Lipinski definition) is 6. The lowest BCUT2D eigenvalue weighted by Gasteiger charge is -2.34. The number of rotatable bonds is 3. The van der Waals surface area contributed by atoms with Crippen LogP contribution in [0.15, 0.2) is 17.1 Å². The molecule has 124 valence electrons. The summed E-state index contributed by atoms with van der Waals surface area (Å²) in [6.07, 6.45) is 0.203. The van der Waals surface area contributed by atoms with Crippen LogP contribution in [0.5, 0.6) is 0 Å². The maximum absolute atomic E-state index is 14.3. The van der Waals surface area contributed by atoms with E-state index in [1.54, 1.807) is 0 Å². The Labute approximate surface area is 134 Å². The van der Waals surface area contributed by atoms with Gasteiger partial charge < -0.3 is 16.2 Å². The molecule has 1 aliphatic heterocycles. The first-order valence-corrected chi connectivity index (χ1v) is 7.56. The number of esters is 1. The summed E-state index contributed by atoms with van der Waals surface area (Å²) in [5, 5.41) is -0.0796. The van der Waals surface area contributed by atoms with Crippen LogP contribution in [0.3, 0.4) is 0 Å². The van der Waals surface area contributed by atoms with Gasteiger partial charge in [0.1, 0.15) is 17.0 Å². The highest BCUT2D eigenvalue weighted by molar-refractivity contribution is 8.15. The third-order valence-corrected chi connectivity index (χ3v) is 5.62. The Balaban J connectivity index is 2.19. The van der Waals surface area contributed by atoms with E-state index in [0.29, 0.717) is 0 Å². The van der Waals surface area contributed by atoms with Crippen LogP contribution >= 0.6 is 11.8 Å². The molecule has 1 aromatic carbocycles. The quantitative estimate of drug-likeness (QED) is 0.643. The van der Waals surface area contributed by atoms with Crippen molar-refractivity contribution in [1.82, 2.24) is 0 Å². The van der Waals surface area contributed by atoms with Crippen LogP contribution in [0.1, 0.15) is 12.0 Å². The third kappa shape index (κ3) is 2.09. The van der Waals surface area contributed by atoms with Crippen LogP contribution in [0.4, 0.5) is 18.9 Å². The van der Waals surface area contributed by atoms with Crippen LogP contribution < -0.4 is 11.5 Å². The number of methoxy groups -OCH3 is 1. The second-order valence-electron chi connectivity index (χ2n) is 5.61. The van der Waals surface area contributed by atoms with E-state index in [9.17, 15) is 18.0 Å². The second kappa shape index (κ2) is 5.05. The number of amidine groups is 1. The van der Waals surface area contributed by atoms with Gasteiger partial charge in [0.2, 0.25) is 0 Å². The number of halogens is 3. The van der Waals surface area contributed by atoms with E-state index in [4.69, 9.17) is 16.2 Å². The molecule has 23 heavy (non-hydrogen) atoms. The van der Waals surface area contributed by atoms with Gasteiger partial charge in [-0.05, 0) is 18.6 Å². The molecule has 0 saturated heterocycles. The van der Waals surface area contributed by atoms with Gasteiger partial charge in [-0.25, -0.2) is 18.2 Å². The van der Waals surface area contributed by atoms with Gasteiger partial charge in [-0.15, -0.1) is 0 Å². The number of alkyl halides is 1. The van der Waals surface area contributed by atoms with Gasteiger partial charge in [-0.2, -0.15) is 0 Å². The molecule has 1 aromatic rings. The third-order valence-electron chi connectivity index (χ3n) is 4.33. The summed E-state index contributed by atoms with van der Waals surface area (Å²) < 4.78 is 45.6. The van der Waals surface area contributed by atoms with Crippen molar-refractivity contribution in [2.75, 3.05) is 19.5 Å². The van der Waals surface area contributed by atoms with E-state index in [0.717, 1.165) is 23.9 Å². The highest BCUT2D eigenvalue weighted by Crippen LogP contribution is 2.66. The van der Waals surface area contributed by atoms with Crippen molar-refractivity contribution in [2.45, 2.75) is 16.7 Å². The predicted octanol–water partition coefficient (Wildman–Crippen LogP) is 1.71. The first kappa shape index (κ1) is 16.0. The number of ether oxygens (including phenoxy) is 1. The van der Waals surface area contributed by atoms with Gasteiger partial charge in [-0.1, -0.05) is 11.8 Å². The number of fused-ring (bicyclic) bond motifs is 1. The van der Waals surface area contributed by atoms with Crippen LogP contribution in [0.2, 0.25) is 0 Å². The molecule has 3 rings (SSSR count). The fraction of sp³-hybridized carbons (Fsp3) is 0.429. The molecule has 1 fully saturated rings. The van der Waals surface area contributed by atoms with Crippen molar-refractivity contribution in [3.63, 3.8) is 0 Å². The first-order chi connectivity index (χ1) is 10.8. The van der Waals surface area contributed by atoms with E-state index in [2.05, 4.69) is 4.99 Å². The van der Waals surface area contributed by atoms with E-state index in [1.165, 1.54) is 7.11 Å². The standard InChI is InChI=1S/C14H14F3N3O2S/c1-22-11(21)14-4-9(14)13(5-15,20-12(19)23-14)7-2-6(18)3-8(16)10(7)17/h2-3,9H,4-5,18H2,1H3,(H2,19,20)/t9-,13+,14-/m0/s1. The van der Waals surface area contributed by atoms with Crippen molar-refractivity contribution in [3.05, 3.63) is 29.3 Å². The second-order valence-corrected chi connectivity index (χ2v) is 6.96. The van der Waals surface area contributed by atoms with Crippen LogP contribution in [0.25, 0.3) is 0 Å². The normalized spacial score (nSPS) is 32.0. The number of carbonyl (C=O) groups is 1. The lowest BCUT2D eigenvalue weighted by molar-refractivity contribution is -0.141. The summed E-state index contributed by atoms with van der Waals surface area (Å²) in [7, 11) is 1.20. The lowest BCUT2D eigenvalue weighted by atomic mass is 9.84. The predicted molar refractivity (Wildman–Crippen MR) is 80.5 cm³/mol. The number of anilines is 1. The van der Waals surface area contributed by atoms with Crippen molar-refractivity contribution in [3.8, 4) is 0 Å². The van der Waals surface area contributed by atoms with Crippen LogP contribution in [-0.4, -0.2) is 29.7 Å². The maximum atomic E-state index is 14.3. The Morgan fingerprint density at radius 1 is 1.48 bits per heavy atom. The van der Waals surface area contributed by atoms with Gasteiger partial charge in [0.05, 0.1) is 7.11 Å². The molecule has 0 unspecified atom stereocenters. The van der Waals surface area contributed by atoms with Gasteiger partial charge >= 0.3 is 5.97 Å². The average Bonchev–Trinajstić information content (AvgIpc) is 3.25. The number of nitrogen functional groups attached to an aromatic ring is 1. The molecule has 1 aliphatic carbocycles. The zero-order valence-electron chi connectivity index (χ0n) is 12.1. The van der Waals surface area contributed by atoms with Crippen molar-refractivity contribution in [2.24, 2.45) is 16.6 Å². The molecule has 1 heterocycles. The monoisotopic (exact) mass is 345 g/mol. The lowest BCUT2D eigenvalue weighted by Crippen LogP contribution is -2.43. The number of hydrogen-bond donors (Lipinski definition) is 2. The maximum Gasteiger partial charge on any atom is 0.322 e. The fourth-order valence-corrected chi connectivity index (χ4v) is 4.54. The minimum atomic E-state index is -1.79. The molecular formula is C14H14F3N3O2S. The first-order valence-electron chi connectivity index (χ1n) is 6.74. The molecule has 0 radical (unpaired) electrons. The average molecular weight is 345 g/mol. The Hall–Kier alpha value is -1.90. The topological polar surface area (TPSA) is 90.7 Å². The molecule has 1 saturated carbocycles. The zero-order chi connectivity index (χ0) is 17.0. The van der Waals surface area contributed by atoms with Crippen molar-refractivity contribution in [1.29, 1.82) is 0 Å². The number of carbonyl (C=O) groups excluding carboxylic acids is 1. The minimum absolute atomic E-state index is 0.0666. The minimum Gasteiger partial charge on any atom is -0.468 e. The largest absolute Gasteiger partial charge is 0.468 e. The molecule has 0 spiro atoms. The number of thioether (sulfide) groups is 1. The molecule has 0 amide bonds. The summed E-state index contributed by atoms with van der Waals surface area (Å²) in [5.74, 6) is -3.73. The highest BCUT2D eigenvalue weighted by atomic mass is 32.2. The van der Waals surface area contributed by atoms with Gasteiger partial charge in [-0.3, -0.25) is 4.79 Å². The molecule has 2 aliphatic rings. The Kier molecular flexibility index (Phi) is 3.51. The number of nitrogens with two attached hydrogens (primary N) is 2. The van der Waals surface area contributed by atoms with Crippen LogP contribution in [-0.2, 0) is 15.1 Å². The van der Waals surface area contributed by atoms with E-state index in [1.807, 2.05) is 0 Å². The summed E-state index contributed by atoms with van der Waals surface area (Å²) in [4.78, 5) is 16.1. The number of nitrogens with zero attached hydrogens (tertiary/aromatic N) is 1. The Bertz CT molecular complexity index is 729. The molecule has 0 bridgehead atoms. The molecular weight excluding hydrogens is 331 g/mol. The Morgan fingerprint density at radius 3 is 2.78 bits per heavy atom. The van der Waals surface area contributed by atoms with Gasteiger partial charge in [0.15, 0.2) is 16.8 Å². The van der Waals surface area contributed by atoms with E-state index in [-0.39, 0.29) is 22.8 Å². The van der Waals surface area contributed by atoms with E-state index >= 15 is 0 Å². The summed E-state index contributed by atoms with van der Waals surface area (Å²) in [5.41, 5.74) is 9.10. The SMILES string of the molecule is COC(=O)[C@]12C[C@H]1[C@@](CF)(c1cc(N)cc(F)c1F)N=C(N)S2. The summed E-state index contributed by atoms with van der Waals surface area (Å²) in [6, 6.07) is 1.93. The highest BCUT2D eigenvalue weighted by Gasteiger charge is 2.73. The molecule has 0 aromatic heterocycles. The van der Waals surface area contributed by atoms with Crippen LogP contribution in [0, 0.1) is 17.6 Å². The van der Waals surface area contributed by atoms with E-state index < -0.39 is 40.5 Å². The molecule has 5 nitrogen and oxygen atoms in total. The Morgan fingerprint density at radius 2 is 2.17 bits per heavy atom. The van der Waals surface area contributed by atoms with Gasteiger partial charge in [0.25, 0.3) is 0 Å². The molecule has 3 atom stereocenters. The van der Waals surface area contributed by atoms with Crippen molar-refractivity contribution >= 4 is 28.6 Å². The fourth-order valence-electron chi connectivity index (χ4n) is 3.20. The zero-order valence-corrected chi connectivity index (χ0v) is 12.9. The summed E-state index contributed by atoms with van der Waals surface area (Å²) in [6.45, 7) is -1.14. The molecule has 9 heteroatoms. The number of aliphatic imine (C=N–C) groups is 1.